The van der Waals surface area contributed by atoms with E-state index in [0.29, 0.717) is 13.1 Å². The van der Waals surface area contributed by atoms with E-state index in [0.717, 1.165) is 0 Å². The van der Waals surface area contributed by atoms with Crippen LogP contribution in [0.15, 0.2) is 60.7 Å². The van der Waals surface area contributed by atoms with E-state index in [2.05, 4.69) is 29.2 Å². The van der Waals surface area contributed by atoms with Crippen LogP contribution in [-0.2, 0) is 14.3 Å². The van der Waals surface area contributed by atoms with Gasteiger partial charge in [0.15, 0.2) is 0 Å². The molecule has 2 N–H and O–H groups in total. The summed E-state index contributed by atoms with van der Waals surface area (Å²) in [6.45, 7) is 2.98. The summed E-state index contributed by atoms with van der Waals surface area (Å²) in [7, 11) is 1.43. The number of primary amides is 1. The van der Waals surface area contributed by atoms with E-state index in [4.69, 9.17) is 15.2 Å². The van der Waals surface area contributed by atoms with Gasteiger partial charge in [-0.25, -0.2) is 0 Å². The van der Waals surface area contributed by atoms with Crippen LogP contribution >= 0.6 is 0 Å². The second kappa shape index (κ2) is 7.35. The van der Waals surface area contributed by atoms with Gasteiger partial charge in [0, 0.05) is 20.2 Å². The molecule has 2 aromatic rings. The molecule has 2 aromatic carbocycles. The number of hydrogen-bond acceptors (Lipinski definition) is 4. The Bertz CT molecular complexity index is 662. The van der Waals surface area contributed by atoms with E-state index >= 15 is 0 Å². The van der Waals surface area contributed by atoms with Crippen LogP contribution in [0.1, 0.15) is 24.1 Å². The first-order valence-corrected chi connectivity index (χ1v) is 8.40. The van der Waals surface area contributed by atoms with Gasteiger partial charge in [0.1, 0.15) is 0 Å². The number of methoxy groups -OCH3 is 1. The van der Waals surface area contributed by atoms with Gasteiger partial charge < -0.3 is 15.2 Å². The minimum absolute atomic E-state index is 0.0904. The van der Waals surface area contributed by atoms with Crippen LogP contribution in [0.25, 0.3) is 0 Å². The predicted octanol–water partition coefficient (Wildman–Crippen LogP) is 2.32. The molecule has 25 heavy (non-hydrogen) atoms. The molecule has 1 atom stereocenters. The largest absolute Gasteiger partial charge is 0.365 e. The monoisotopic (exact) mass is 340 g/mol. The minimum Gasteiger partial charge on any atom is -0.365 e. The van der Waals surface area contributed by atoms with Gasteiger partial charge in [-0.05, 0) is 18.1 Å². The maximum absolute atomic E-state index is 11.5. The standard InChI is InChI=1S/C20H24N2O3/c1-20(24-2,19(21)23)25-17-13-22(14-17)18(15-9-5-3-6-10-15)16-11-7-4-8-12-16/h3-12,17-18H,13-14H2,1-2H3,(H2,21,23). The SMILES string of the molecule is COC(C)(OC1CN(C(c2ccccc2)c2ccccc2)C1)C(N)=O. The highest BCUT2D eigenvalue weighted by Gasteiger charge is 2.41. The third-order valence-corrected chi connectivity index (χ3v) is 4.70. The summed E-state index contributed by atoms with van der Waals surface area (Å²) in [6.07, 6.45) is -0.0904. The Labute approximate surface area is 148 Å². The third-order valence-electron chi connectivity index (χ3n) is 4.70. The molecule has 132 valence electrons. The lowest BCUT2D eigenvalue weighted by atomic mass is 9.94. The van der Waals surface area contributed by atoms with Crippen molar-refractivity contribution in [1.29, 1.82) is 0 Å². The van der Waals surface area contributed by atoms with Crippen molar-refractivity contribution in [1.82, 2.24) is 4.90 Å². The fourth-order valence-corrected chi connectivity index (χ4v) is 3.16. The number of carbonyl (C=O) groups excluding carboxylic acids is 1. The summed E-state index contributed by atoms with van der Waals surface area (Å²) in [5, 5.41) is 0. The van der Waals surface area contributed by atoms with Gasteiger partial charge in [0.05, 0.1) is 12.1 Å². The quantitative estimate of drug-likeness (QED) is 0.786. The Kier molecular flexibility index (Phi) is 5.18. The van der Waals surface area contributed by atoms with Crippen LogP contribution in [0.3, 0.4) is 0 Å². The zero-order valence-electron chi connectivity index (χ0n) is 14.6. The molecule has 1 aliphatic rings. The maximum Gasteiger partial charge on any atom is 0.277 e. The molecule has 1 amide bonds. The van der Waals surface area contributed by atoms with Gasteiger partial charge >= 0.3 is 0 Å². The summed E-state index contributed by atoms with van der Waals surface area (Å²) in [4.78, 5) is 13.9. The molecule has 0 saturated carbocycles. The molecule has 5 nitrogen and oxygen atoms in total. The second-order valence-corrected chi connectivity index (χ2v) is 6.43. The van der Waals surface area contributed by atoms with Gasteiger partial charge in [-0.2, -0.15) is 0 Å². The third kappa shape index (κ3) is 3.74. The fourth-order valence-electron chi connectivity index (χ4n) is 3.16. The van der Waals surface area contributed by atoms with Crippen molar-refractivity contribution >= 4 is 5.91 Å². The van der Waals surface area contributed by atoms with Crippen molar-refractivity contribution in [2.75, 3.05) is 20.2 Å². The van der Waals surface area contributed by atoms with E-state index in [1.54, 1.807) is 6.92 Å². The molecule has 1 aliphatic heterocycles. The second-order valence-electron chi connectivity index (χ2n) is 6.43. The van der Waals surface area contributed by atoms with Crippen LogP contribution < -0.4 is 5.73 Å². The van der Waals surface area contributed by atoms with Crippen molar-refractivity contribution in [3.8, 4) is 0 Å². The lowest BCUT2D eigenvalue weighted by Crippen LogP contribution is -2.59. The number of nitrogens with two attached hydrogens (primary N) is 1. The summed E-state index contributed by atoms with van der Waals surface area (Å²) in [6, 6.07) is 20.9. The molecule has 5 heteroatoms. The lowest BCUT2D eigenvalue weighted by Gasteiger charge is -2.46. The molecule has 3 rings (SSSR count). The smallest absolute Gasteiger partial charge is 0.277 e. The Morgan fingerprint density at radius 2 is 1.56 bits per heavy atom. The molecule has 1 heterocycles. The van der Waals surface area contributed by atoms with Gasteiger partial charge in [-0.3, -0.25) is 9.69 Å². The summed E-state index contributed by atoms with van der Waals surface area (Å²) in [5.74, 6) is -2.00. The number of nitrogens with zero attached hydrogens (tertiary/aromatic N) is 1. The van der Waals surface area contributed by atoms with Crippen molar-refractivity contribution in [3.05, 3.63) is 71.8 Å². The van der Waals surface area contributed by atoms with Crippen molar-refractivity contribution < 1.29 is 14.3 Å². The predicted molar refractivity (Wildman–Crippen MR) is 95.8 cm³/mol. The van der Waals surface area contributed by atoms with E-state index in [1.807, 2.05) is 36.4 Å². The lowest BCUT2D eigenvalue weighted by molar-refractivity contribution is -0.246. The van der Waals surface area contributed by atoms with Gasteiger partial charge in [-0.15, -0.1) is 0 Å². The first-order valence-electron chi connectivity index (χ1n) is 8.40. The summed E-state index contributed by atoms with van der Waals surface area (Å²) >= 11 is 0. The number of amides is 1. The average Bonchev–Trinajstić information content (AvgIpc) is 2.61. The maximum atomic E-state index is 11.5. The molecular weight excluding hydrogens is 316 g/mol. The van der Waals surface area contributed by atoms with Crippen molar-refractivity contribution in [2.45, 2.75) is 24.9 Å². The summed E-state index contributed by atoms with van der Waals surface area (Å²) < 4.78 is 11.0. The molecule has 0 spiro atoms. The molecule has 1 saturated heterocycles. The summed E-state index contributed by atoms with van der Waals surface area (Å²) in [5.41, 5.74) is 7.85. The number of hydrogen-bond donors (Lipinski definition) is 1. The highest BCUT2D eigenvalue weighted by Crippen LogP contribution is 2.34. The van der Waals surface area contributed by atoms with E-state index in [1.165, 1.54) is 18.2 Å². The Morgan fingerprint density at radius 3 is 1.96 bits per heavy atom. The zero-order chi connectivity index (χ0) is 17.9. The highest BCUT2D eigenvalue weighted by molar-refractivity contribution is 5.81. The van der Waals surface area contributed by atoms with Crippen LogP contribution in [0.2, 0.25) is 0 Å². The van der Waals surface area contributed by atoms with Crippen LogP contribution in [0, 0.1) is 0 Å². The highest BCUT2D eigenvalue weighted by atomic mass is 16.7. The van der Waals surface area contributed by atoms with Gasteiger partial charge in [-0.1, -0.05) is 60.7 Å². The molecule has 1 unspecified atom stereocenters. The Morgan fingerprint density at radius 1 is 1.08 bits per heavy atom. The average molecular weight is 340 g/mol. The van der Waals surface area contributed by atoms with Gasteiger partial charge in [0.25, 0.3) is 5.91 Å². The van der Waals surface area contributed by atoms with E-state index in [9.17, 15) is 4.79 Å². The molecule has 1 fully saturated rings. The molecule has 0 radical (unpaired) electrons. The number of likely N-dealkylation sites (tertiary alicyclic amines) is 1. The number of carbonyl (C=O) groups is 1. The zero-order valence-corrected chi connectivity index (χ0v) is 14.6. The van der Waals surface area contributed by atoms with Crippen LogP contribution in [0.4, 0.5) is 0 Å². The van der Waals surface area contributed by atoms with E-state index < -0.39 is 11.7 Å². The molecule has 0 aromatic heterocycles. The topological polar surface area (TPSA) is 64.8 Å². The van der Waals surface area contributed by atoms with Crippen LogP contribution in [0.5, 0.6) is 0 Å². The molecular formula is C20H24N2O3. The fraction of sp³-hybridized carbons (Fsp3) is 0.350. The Hall–Kier alpha value is -2.21. The van der Waals surface area contributed by atoms with Gasteiger partial charge in [0.2, 0.25) is 5.79 Å². The Balaban J connectivity index is 1.74. The first-order chi connectivity index (χ1) is 12.0. The van der Waals surface area contributed by atoms with Crippen molar-refractivity contribution in [3.63, 3.8) is 0 Å². The van der Waals surface area contributed by atoms with E-state index in [-0.39, 0.29) is 12.1 Å². The van der Waals surface area contributed by atoms with Crippen molar-refractivity contribution in [2.24, 2.45) is 5.73 Å². The number of ether oxygens (including phenoxy) is 2. The van der Waals surface area contributed by atoms with Crippen LogP contribution in [-0.4, -0.2) is 42.9 Å². The normalized spacial score (nSPS) is 17.9. The molecule has 0 bridgehead atoms. The number of rotatable bonds is 7. The number of benzene rings is 2. The minimum atomic E-state index is -1.38. The molecule has 0 aliphatic carbocycles. The first kappa shape index (κ1) is 17.6.